The molecule has 5 nitrogen and oxygen atoms in total. The maximum atomic E-state index is 11.1. The Balaban J connectivity index is 2.36. The van der Waals surface area contributed by atoms with Gasteiger partial charge in [0.15, 0.2) is 5.00 Å². The Hall–Kier alpha value is -1.14. The average Bonchev–Trinajstić information content (AvgIpc) is 3.03. The van der Waals surface area contributed by atoms with Crippen LogP contribution in [0.4, 0.5) is 10.7 Å². The number of thiophene rings is 1. The average molecular weight is 270 g/mol. The number of nitrogens with zero attached hydrogens (tertiary/aromatic N) is 2. The van der Waals surface area contributed by atoms with E-state index >= 15 is 0 Å². The molecule has 0 amide bonds. The second-order valence-corrected chi connectivity index (χ2v) is 5.76. The van der Waals surface area contributed by atoms with Crippen molar-refractivity contribution in [3.8, 4) is 0 Å². The molecular weight excluding hydrogens is 252 g/mol. The summed E-state index contributed by atoms with van der Waals surface area (Å²) in [6.07, 6.45) is 2.54. The van der Waals surface area contributed by atoms with Crippen LogP contribution in [0.5, 0.6) is 0 Å². The largest absolute Gasteiger partial charge is 0.388 e. The molecule has 100 valence electrons. The van der Waals surface area contributed by atoms with Crippen LogP contribution in [0.15, 0.2) is 6.07 Å². The molecule has 1 heterocycles. The fraction of sp³-hybridized carbons (Fsp3) is 0.667. The van der Waals surface area contributed by atoms with Crippen LogP contribution in [0.3, 0.4) is 0 Å². The molecule has 0 aliphatic heterocycles. The summed E-state index contributed by atoms with van der Waals surface area (Å²) in [5.74, 6) is 0. The quantitative estimate of drug-likeness (QED) is 0.637. The highest BCUT2D eigenvalue weighted by Gasteiger charge is 2.34. The molecule has 0 radical (unpaired) electrons. The van der Waals surface area contributed by atoms with E-state index in [1.165, 1.54) is 17.4 Å². The number of rotatable bonds is 6. The third-order valence-electron chi connectivity index (χ3n) is 3.03. The molecule has 1 fully saturated rings. The normalized spacial score (nSPS) is 16.6. The van der Waals surface area contributed by atoms with Crippen LogP contribution >= 0.6 is 11.3 Å². The monoisotopic (exact) mass is 270 g/mol. The second-order valence-electron chi connectivity index (χ2n) is 4.70. The molecule has 2 rings (SSSR count). The molecule has 1 atom stereocenters. The van der Waals surface area contributed by atoms with Crippen LogP contribution in [0.2, 0.25) is 0 Å². The summed E-state index contributed by atoms with van der Waals surface area (Å²) in [6.45, 7) is 4.55. The first-order valence-electron chi connectivity index (χ1n) is 6.27. The molecule has 1 aromatic heterocycles. The molecule has 1 aromatic rings. The van der Waals surface area contributed by atoms with Crippen LogP contribution in [0.1, 0.15) is 44.1 Å². The van der Waals surface area contributed by atoms with Crippen LogP contribution in [0, 0.1) is 10.1 Å². The zero-order chi connectivity index (χ0) is 13.3. The van der Waals surface area contributed by atoms with Gasteiger partial charge in [-0.2, -0.15) is 0 Å². The Morgan fingerprint density at radius 3 is 2.78 bits per heavy atom. The van der Waals surface area contributed by atoms with Crippen molar-refractivity contribution < 1.29 is 10.0 Å². The van der Waals surface area contributed by atoms with E-state index in [0.29, 0.717) is 15.9 Å². The van der Waals surface area contributed by atoms with E-state index in [9.17, 15) is 15.2 Å². The van der Waals surface area contributed by atoms with E-state index < -0.39 is 6.10 Å². The van der Waals surface area contributed by atoms with Gasteiger partial charge in [-0.1, -0.05) is 6.92 Å². The molecule has 0 bridgehead atoms. The van der Waals surface area contributed by atoms with Crippen molar-refractivity contribution in [1.29, 1.82) is 0 Å². The van der Waals surface area contributed by atoms with Crippen molar-refractivity contribution in [3.63, 3.8) is 0 Å². The van der Waals surface area contributed by atoms with Gasteiger partial charge in [-0.3, -0.25) is 10.1 Å². The van der Waals surface area contributed by atoms with Gasteiger partial charge in [-0.25, -0.2) is 0 Å². The highest BCUT2D eigenvalue weighted by atomic mass is 32.1. The Kier molecular flexibility index (Phi) is 3.87. The first kappa shape index (κ1) is 13.3. The molecule has 0 saturated heterocycles. The van der Waals surface area contributed by atoms with E-state index in [2.05, 4.69) is 11.8 Å². The molecule has 1 saturated carbocycles. The molecule has 1 aliphatic carbocycles. The van der Waals surface area contributed by atoms with E-state index in [-0.39, 0.29) is 10.6 Å². The fourth-order valence-corrected chi connectivity index (χ4v) is 3.17. The van der Waals surface area contributed by atoms with Crippen LogP contribution in [-0.4, -0.2) is 22.6 Å². The van der Waals surface area contributed by atoms with Gasteiger partial charge in [0.25, 0.3) is 0 Å². The van der Waals surface area contributed by atoms with Crippen LogP contribution in [-0.2, 0) is 0 Å². The zero-order valence-electron chi connectivity index (χ0n) is 10.6. The summed E-state index contributed by atoms with van der Waals surface area (Å²) in [5.41, 5.74) is 0.135. The number of aliphatic hydroxyl groups excluding tert-OH is 1. The minimum absolute atomic E-state index is 0.135. The van der Waals surface area contributed by atoms with Gasteiger partial charge in [0.05, 0.1) is 11.0 Å². The van der Waals surface area contributed by atoms with E-state index in [0.717, 1.165) is 25.8 Å². The van der Waals surface area contributed by atoms with E-state index in [1.54, 1.807) is 6.92 Å². The zero-order valence-corrected chi connectivity index (χ0v) is 11.4. The Morgan fingerprint density at radius 1 is 1.67 bits per heavy atom. The summed E-state index contributed by atoms with van der Waals surface area (Å²) in [5, 5.41) is 21.4. The van der Waals surface area contributed by atoms with E-state index in [1.807, 2.05) is 0 Å². The van der Waals surface area contributed by atoms with Gasteiger partial charge in [0.1, 0.15) is 0 Å². The van der Waals surface area contributed by atoms with Gasteiger partial charge in [-0.05, 0) is 26.2 Å². The third kappa shape index (κ3) is 2.64. The van der Waals surface area contributed by atoms with E-state index in [4.69, 9.17) is 0 Å². The number of hydrogen-bond donors (Lipinski definition) is 1. The lowest BCUT2D eigenvalue weighted by Crippen LogP contribution is -2.26. The highest BCUT2D eigenvalue weighted by molar-refractivity contribution is 7.16. The maximum Gasteiger partial charge on any atom is 0.304 e. The summed E-state index contributed by atoms with van der Waals surface area (Å²) in [7, 11) is 0. The highest BCUT2D eigenvalue weighted by Crippen LogP contribution is 2.44. The summed E-state index contributed by atoms with van der Waals surface area (Å²) < 4.78 is 0. The molecular formula is C12H18N2O3S. The summed E-state index contributed by atoms with van der Waals surface area (Å²) in [4.78, 5) is 13.6. The predicted octanol–water partition coefficient (Wildman–Crippen LogP) is 3.09. The molecule has 1 aliphatic rings. The number of anilines is 1. The van der Waals surface area contributed by atoms with Gasteiger partial charge < -0.3 is 10.0 Å². The third-order valence-corrected chi connectivity index (χ3v) is 4.37. The molecule has 18 heavy (non-hydrogen) atoms. The van der Waals surface area contributed by atoms with Gasteiger partial charge in [0, 0.05) is 23.5 Å². The first-order valence-corrected chi connectivity index (χ1v) is 7.09. The van der Waals surface area contributed by atoms with Crippen molar-refractivity contribution in [1.82, 2.24) is 0 Å². The fourth-order valence-electron chi connectivity index (χ4n) is 2.01. The predicted molar refractivity (Wildman–Crippen MR) is 72.3 cm³/mol. The standard InChI is InChI=1S/C12H18N2O3S/c1-3-6-13(9-4-5-9)12-10(14(16)17)7-11(18-12)8(2)15/h7-9,15H,3-6H2,1-2H3/t8-/m1/s1. The van der Waals surface area contributed by atoms with Crippen LogP contribution < -0.4 is 4.90 Å². The lowest BCUT2D eigenvalue weighted by Gasteiger charge is -2.21. The van der Waals surface area contributed by atoms with Crippen molar-refractivity contribution in [2.45, 2.75) is 45.3 Å². The SMILES string of the molecule is CCCN(c1sc([C@@H](C)O)cc1[N+](=O)[O-])C1CC1. The molecule has 0 aromatic carbocycles. The number of hydrogen-bond acceptors (Lipinski definition) is 5. The Bertz CT molecular complexity index is 441. The van der Waals surface area contributed by atoms with Crippen molar-refractivity contribution >= 4 is 22.0 Å². The molecule has 6 heteroatoms. The number of aliphatic hydroxyl groups is 1. The summed E-state index contributed by atoms with van der Waals surface area (Å²) >= 11 is 1.35. The molecule has 0 spiro atoms. The summed E-state index contributed by atoms with van der Waals surface area (Å²) in [6, 6.07) is 1.96. The smallest absolute Gasteiger partial charge is 0.304 e. The van der Waals surface area contributed by atoms with Gasteiger partial charge >= 0.3 is 5.69 Å². The Morgan fingerprint density at radius 2 is 2.33 bits per heavy atom. The molecule has 0 unspecified atom stereocenters. The van der Waals surface area contributed by atoms with Gasteiger partial charge in [0.2, 0.25) is 0 Å². The lowest BCUT2D eigenvalue weighted by atomic mass is 10.3. The Labute approximate surface area is 110 Å². The minimum Gasteiger partial charge on any atom is -0.388 e. The molecule has 1 N–H and O–H groups in total. The van der Waals surface area contributed by atoms with Crippen molar-refractivity contribution in [3.05, 3.63) is 21.1 Å². The van der Waals surface area contributed by atoms with Gasteiger partial charge in [-0.15, -0.1) is 11.3 Å². The first-order chi connectivity index (χ1) is 8.54. The maximum absolute atomic E-state index is 11.1. The van der Waals surface area contributed by atoms with Crippen molar-refractivity contribution in [2.24, 2.45) is 0 Å². The lowest BCUT2D eigenvalue weighted by molar-refractivity contribution is -0.383. The van der Waals surface area contributed by atoms with Crippen LogP contribution in [0.25, 0.3) is 0 Å². The van der Waals surface area contributed by atoms with Crippen molar-refractivity contribution in [2.75, 3.05) is 11.4 Å². The number of nitro groups is 1. The second kappa shape index (κ2) is 5.24. The topological polar surface area (TPSA) is 66.6 Å². The minimum atomic E-state index is -0.648.